The Labute approximate surface area is 173 Å². The fraction of sp³-hybridized carbons (Fsp3) is 0.0500. The molecular weight excluding hydrogens is 417 g/mol. The molecule has 6 nitrogen and oxygen atoms in total. The number of pyridine rings is 1. The van der Waals surface area contributed by atoms with Crippen molar-refractivity contribution < 1.29 is 13.2 Å². The van der Waals surface area contributed by atoms with Crippen LogP contribution in [-0.4, -0.2) is 15.0 Å². The van der Waals surface area contributed by atoms with Crippen molar-refractivity contribution in [3.05, 3.63) is 65.3 Å². The molecule has 0 radical (unpaired) electrons. The van der Waals surface area contributed by atoms with Gasteiger partial charge in [0.1, 0.15) is 5.82 Å². The highest BCUT2D eigenvalue weighted by molar-refractivity contribution is 6.30. The van der Waals surface area contributed by atoms with Crippen molar-refractivity contribution in [3.8, 4) is 11.3 Å². The number of aromatic nitrogens is 3. The predicted molar refractivity (Wildman–Crippen MR) is 111 cm³/mol. The zero-order valence-electron chi connectivity index (χ0n) is 15.2. The Morgan fingerprint density at radius 3 is 2.30 bits per heavy atom. The lowest BCUT2D eigenvalue weighted by Gasteiger charge is -2.12. The van der Waals surface area contributed by atoms with E-state index in [1.807, 2.05) is 12.1 Å². The summed E-state index contributed by atoms with van der Waals surface area (Å²) in [7, 11) is 0. The van der Waals surface area contributed by atoms with E-state index in [4.69, 9.17) is 23.1 Å². The molecule has 0 fully saturated rings. The average molecular weight is 431 g/mol. The number of anilines is 4. The van der Waals surface area contributed by atoms with Gasteiger partial charge in [0.15, 0.2) is 5.69 Å². The molecule has 0 aliphatic heterocycles. The van der Waals surface area contributed by atoms with Gasteiger partial charge in [-0.25, -0.2) is 9.97 Å². The second-order valence-corrected chi connectivity index (χ2v) is 6.89. The summed E-state index contributed by atoms with van der Waals surface area (Å²) >= 11 is 5.92. The molecule has 0 saturated heterocycles. The van der Waals surface area contributed by atoms with Crippen molar-refractivity contribution >= 4 is 45.6 Å². The molecule has 4 rings (SSSR count). The topological polar surface area (TPSA) is 103 Å². The van der Waals surface area contributed by atoms with E-state index in [1.165, 1.54) is 0 Å². The number of nitrogen functional groups attached to an aromatic ring is 2. The first-order valence-electron chi connectivity index (χ1n) is 8.64. The highest BCUT2D eigenvalue weighted by atomic mass is 35.5. The van der Waals surface area contributed by atoms with Crippen LogP contribution in [0.25, 0.3) is 22.2 Å². The molecule has 2 aromatic carbocycles. The fourth-order valence-corrected chi connectivity index (χ4v) is 3.05. The molecule has 0 spiro atoms. The van der Waals surface area contributed by atoms with Gasteiger partial charge in [-0.3, -0.25) is 0 Å². The Bertz CT molecular complexity index is 1240. The third-order valence-corrected chi connectivity index (χ3v) is 4.54. The summed E-state index contributed by atoms with van der Waals surface area (Å²) in [6, 6.07) is 14.7. The minimum atomic E-state index is -4.64. The molecule has 0 atom stereocenters. The number of hydrogen-bond donors (Lipinski definition) is 3. The van der Waals surface area contributed by atoms with Crippen molar-refractivity contribution in [2.24, 2.45) is 0 Å². The van der Waals surface area contributed by atoms with Crippen LogP contribution in [0.2, 0.25) is 5.02 Å². The van der Waals surface area contributed by atoms with E-state index >= 15 is 0 Å². The number of rotatable bonds is 3. The number of nitrogens with two attached hydrogens (primary N) is 2. The van der Waals surface area contributed by atoms with Crippen LogP contribution in [0.5, 0.6) is 0 Å². The van der Waals surface area contributed by atoms with Crippen LogP contribution in [0, 0.1) is 0 Å². The molecule has 5 N–H and O–H groups in total. The Balaban J connectivity index is 1.69. The van der Waals surface area contributed by atoms with Gasteiger partial charge in [0.25, 0.3) is 0 Å². The van der Waals surface area contributed by atoms with Crippen LogP contribution in [0.3, 0.4) is 0 Å². The summed E-state index contributed by atoms with van der Waals surface area (Å²) in [4.78, 5) is 11.6. The lowest BCUT2D eigenvalue weighted by molar-refractivity contribution is -0.141. The number of hydrogen-bond acceptors (Lipinski definition) is 6. The molecule has 30 heavy (non-hydrogen) atoms. The van der Waals surface area contributed by atoms with Crippen LogP contribution in [0.4, 0.5) is 36.3 Å². The monoisotopic (exact) mass is 430 g/mol. The molecule has 0 unspecified atom stereocenters. The lowest BCUT2D eigenvalue weighted by Crippen LogP contribution is -2.12. The van der Waals surface area contributed by atoms with Crippen molar-refractivity contribution in [2.45, 2.75) is 6.18 Å². The SMILES string of the molecule is Nc1nc(Nc2ccc3nc(-c4ccc(Cl)cc4)cc(N)c3c2)cc(C(F)(F)F)n1. The second-order valence-electron chi connectivity index (χ2n) is 6.45. The fourth-order valence-electron chi connectivity index (χ4n) is 2.92. The third kappa shape index (κ3) is 4.06. The van der Waals surface area contributed by atoms with Crippen LogP contribution in [0.1, 0.15) is 5.69 Å². The third-order valence-electron chi connectivity index (χ3n) is 4.29. The maximum absolute atomic E-state index is 12.9. The van der Waals surface area contributed by atoms with Crippen molar-refractivity contribution in [1.29, 1.82) is 0 Å². The Kier molecular flexibility index (Phi) is 4.83. The first kappa shape index (κ1) is 19.7. The summed E-state index contributed by atoms with van der Waals surface area (Å²) in [6.07, 6.45) is -4.64. The molecule has 0 aliphatic carbocycles. The highest BCUT2D eigenvalue weighted by Gasteiger charge is 2.33. The van der Waals surface area contributed by atoms with Gasteiger partial charge in [-0.2, -0.15) is 18.2 Å². The zero-order valence-corrected chi connectivity index (χ0v) is 16.0. The molecular formula is C20H14ClF3N6. The zero-order chi connectivity index (χ0) is 21.5. The minimum Gasteiger partial charge on any atom is -0.398 e. The van der Waals surface area contributed by atoms with E-state index in [0.29, 0.717) is 33.0 Å². The second kappa shape index (κ2) is 7.34. The average Bonchev–Trinajstić information content (AvgIpc) is 2.68. The van der Waals surface area contributed by atoms with E-state index in [1.54, 1.807) is 36.4 Å². The largest absolute Gasteiger partial charge is 0.433 e. The van der Waals surface area contributed by atoms with Gasteiger partial charge in [-0.1, -0.05) is 23.7 Å². The Morgan fingerprint density at radius 1 is 0.867 bits per heavy atom. The van der Waals surface area contributed by atoms with Gasteiger partial charge in [0.05, 0.1) is 11.2 Å². The molecule has 0 amide bonds. The van der Waals surface area contributed by atoms with Crippen LogP contribution in [0.15, 0.2) is 54.6 Å². The molecule has 2 aromatic heterocycles. The van der Waals surface area contributed by atoms with E-state index in [2.05, 4.69) is 20.3 Å². The van der Waals surface area contributed by atoms with Gasteiger partial charge in [-0.15, -0.1) is 0 Å². The maximum Gasteiger partial charge on any atom is 0.433 e. The maximum atomic E-state index is 12.9. The summed E-state index contributed by atoms with van der Waals surface area (Å²) in [5.41, 5.74) is 13.6. The van der Waals surface area contributed by atoms with Gasteiger partial charge < -0.3 is 16.8 Å². The molecule has 152 valence electrons. The van der Waals surface area contributed by atoms with Crippen molar-refractivity contribution in [3.63, 3.8) is 0 Å². The standard InChI is InChI=1S/C20H14ClF3N6/c21-11-3-1-10(2-4-11)16-8-14(25)13-7-12(5-6-15(13)28-16)27-18-9-17(20(22,23)24)29-19(26)30-18/h1-9H,(H2,25,28)(H3,26,27,29,30). The van der Waals surface area contributed by atoms with Crippen molar-refractivity contribution in [1.82, 2.24) is 15.0 Å². The van der Waals surface area contributed by atoms with E-state index < -0.39 is 17.8 Å². The summed E-state index contributed by atoms with van der Waals surface area (Å²) in [5.74, 6) is -0.569. The normalized spacial score (nSPS) is 11.6. The molecule has 2 heterocycles. The molecule has 0 bridgehead atoms. The van der Waals surface area contributed by atoms with E-state index in [-0.39, 0.29) is 5.82 Å². The summed E-state index contributed by atoms with van der Waals surface area (Å²) in [5, 5.41) is 4.05. The van der Waals surface area contributed by atoms with E-state index in [0.717, 1.165) is 11.6 Å². The smallest absolute Gasteiger partial charge is 0.398 e. The quantitative estimate of drug-likeness (QED) is 0.409. The number of nitrogens with one attached hydrogen (secondary N) is 1. The van der Waals surface area contributed by atoms with Crippen LogP contribution >= 0.6 is 11.6 Å². The first-order valence-corrected chi connectivity index (χ1v) is 9.02. The number of benzene rings is 2. The Hall–Kier alpha value is -3.59. The molecule has 0 aliphatic rings. The predicted octanol–water partition coefficient (Wildman–Crippen LogP) is 5.27. The molecule has 4 aromatic rings. The molecule has 10 heteroatoms. The Morgan fingerprint density at radius 2 is 1.60 bits per heavy atom. The number of fused-ring (bicyclic) bond motifs is 1. The lowest BCUT2D eigenvalue weighted by atomic mass is 10.1. The van der Waals surface area contributed by atoms with Crippen molar-refractivity contribution in [2.75, 3.05) is 16.8 Å². The van der Waals surface area contributed by atoms with Gasteiger partial charge in [0.2, 0.25) is 5.95 Å². The van der Waals surface area contributed by atoms with Crippen LogP contribution < -0.4 is 16.8 Å². The van der Waals surface area contributed by atoms with Gasteiger partial charge >= 0.3 is 6.18 Å². The highest BCUT2D eigenvalue weighted by Crippen LogP contribution is 2.32. The number of nitrogens with zero attached hydrogens (tertiary/aromatic N) is 3. The summed E-state index contributed by atoms with van der Waals surface area (Å²) in [6.45, 7) is 0. The minimum absolute atomic E-state index is 0.0847. The van der Waals surface area contributed by atoms with E-state index in [9.17, 15) is 13.2 Å². The van der Waals surface area contributed by atoms with Gasteiger partial charge in [-0.05, 0) is 36.4 Å². The molecule has 0 saturated carbocycles. The number of halogens is 4. The first-order chi connectivity index (χ1) is 14.2. The summed E-state index contributed by atoms with van der Waals surface area (Å²) < 4.78 is 38.8. The number of alkyl halides is 3. The van der Waals surface area contributed by atoms with Crippen LogP contribution in [-0.2, 0) is 6.18 Å². The van der Waals surface area contributed by atoms with Gasteiger partial charge in [0, 0.05) is 33.4 Å².